The molecule has 0 saturated carbocycles. The van der Waals surface area contributed by atoms with Gasteiger partial charge in [0, 0.05) is 12.0 Å². The molecule has 0 aliphatic heterocycles. The summed E-state index contributed by atoms with van der Waals surface area (Å²) in [5, 5.41) is 18.8. The van der Waals surface area contributed by atoms with Crippen LogP contribution in [0.5, 0.6) is 5.75 Å². The number of nitriles is 2. The Morgan fingerprint density at radius 2 is 1.70 bits per heavy atom. The molecule has 0 unspecified atom stereocenters. The van der Waals surface area contributed by atoms with Crippen LogP contribution in [0.1, 0.15) is 25.8 Å². The smallest absolute Gasteiger partial charge is 0.118 e. The van der Waals surface area contributed by atoms with Crippen LogP contribution in [-0.4, -0.2) is 18.6 Å². The Hall–Kier alpha value is -1.82. The molecule has 0 bridgehead atoms. The summed E-state index contributed by atoms with van der Waals surface area (Å²) in [7, 11) is 1.62. The summed E-state index contributed by atoms with van der Waals surface area (Å²) < 4.78 is 6.15. The maximum absolute atomic E-state index is 9.44. The van der Waals surface area contributed by atoms with E-state index in [1.807, 2.05) is 30.3 Å². The van der Waals surface area contributed by atoms with Crippen LogP contribution in [0.25, 0.3) is 6.08 Å². The third-order valence-electron chi connectivity index (χ3n) is 2.90. The summed E-state index contributed by atoms with van der Waals surface area (Å²) in [5.41, 5.74) is 2.18. The normalized spacial score (nSPS) is 10.6. The van der Waals surface area contributed by atoms with Crippen LogP contribution in [0, 0.1) is 22.7 Å². The predicted molar refractivity (Wildman–Crippen MR) is 100 cm³/mol. The van der Waals surface area contributed by atoms with Crippen molar-refractivity contribution in [3.63, 3.8) is 0 Å². The zero-order chi connectivity index (χ0) is 17.1. The highest BCUT2D eigenvalue weighted by Crippen LogP contribution is 2.33. The lowest BCUT2D eigenvalue weighted by Crippen LogP contribution is -1.90. The van der Waals surface area contributed by atoms with Crippen LogP contribution in [0.2, 0.25) is 0 Å². The molecule has 1 rings (SSSR count). The van der Waals surface area contributed by atoms with Crippen molar-refractivity contribution < 1.29 is 4.74 Å². The first-order valence-corrected chi connectivity index (χ1v) is 9.29. The quantitative estimate of drug-likeness (QED) is 0.604. The minimum Gasteiger partial charge on any atom is -0.497 e. The molecule has 0 atom stereocenters. The molecule has 0 aromatic heterocycles. The van der Waals surface area contributed by atoms with Crippen molar-refractivity contribution in [2.75, 3.05) is 18.6 Å². The molecule has 0 radical (unpaired) electrons. The molecule has 120 valence electrons. The first kappa shape index (κ1) is 19.2. The lowest BCUT2D eigenvalue weighted by atomic mass is 10.1. The van der Waals surface area contributed by atoms with Crippen molar-refractivity contribution >= 4 is 29.6 Å². The van der Waals surface area contributed by atoms with Crippen LogP contribution < -0.4 is 4.74 Å². The molecule has 3 nitrogen and oxygen atoms in total. The number of ether oxygens (including phenoxy) is 1. The number of hydrogen-bond acceptors (Lipinski definition) is 5. The topological polar surface area (TPSA) is 56.8 Å². The molecule has 0 spiro atoms. The molecule has 0 aliphatic rings. The summed E-state index contributed by atoms with van der Waals surface area (Å²) in [5.74, 6) is 2.61. The summed E-state index contributed by atoms with van der Waals surface area (Å²) in [6, 6.07) is 12.0. The molecule has 0 fully saturated rings. The van der Waals surface area contributed by atoms with Crippen molar-refractivity contribution in [1.82, 2.24) is 0 Å². The Kier molecular flexibility index (Phi) is 9.05. The molecule has 0 N–H and O–H groups in total. The van der Waals surface area contributed by atoms with Crippen molar-refractivity contribution in [2.24, 2.45) is 0 Å². The Morgan fingerprint density at radius 1 is 1.09 bits per heavy atom. The van der Waals surface area contributed by atoms with Gasteiger partial charge in [-0.1, -0.05) is 26.0 Å². The van der Waals surface area contributed by atoms with E-state index in [-0.39, 0.29) is 0 Å². The monoisotopic (exact) mass is 344 g/mol. The second-order valence-corrected chi connectivity index (χ2v) is 7.28. The van der Waals surface area contributed by atoms with E-state index in [1.54, 1.807) is 30.6 Å². The Labute approximate surface area is 147 Å². The molecule has 1 aromatic rings. The van der Waals surface area contributed by atoms with Crippen LogP contribution in [0.15, 0.2) is 39.6 Å². The summed E-state index contributed by atoms with van der Waals surface area (Å²) in [6.45, 7) is 4.13. The Balaban J connectivity index is 3.04. The van der Waals surface area contributed by atoms with Crippen LogP contribution >= 0.6 is 23.5 Å². The van der Waals surface area contributed by atoms with Crippen molar-refractivity contribution in [3.8, 4) is 17.9 Å². The van der Waals surface area contributed by atoms with Crippen molar-refractivity contribution in [1.29, 1.82) is 10.5 Å². The molecule has 0 heterocycles. The SMILES string of the molecule is CCSC(SCC)=C(C#N)C/C(C#N)=C\c1ccc(OC)cc1. The first-order chi connectivity index (χ1) is 11.2. The minimum absolute atomic E-state index is 0.369. The van der Waals surface area contributed by atoms with Gasteiger partial charge in [-0.3, -0.25) is 0 Å². The molecular weight excluding hydrogens is 324 g/mol. The van der Waals surface area contributed by atoms with Crippen LogP contribution in [0.3, 0.4) is 0 Å². The van der Waals surface area contributed by atoms with E-state index in [1.165, 1.54) is 0 Å². The average molecular weight is 345 g/mol. The third kappa shape index (κ3) is 6.44. The van der Waals surface area contributed by atoms with E-state index in [0.717, 1.165) is 27.1 Å². The second kappa shape index (κ2) is 10.8. The number of benzene rings is 1. The zero-order valence-corrected chi connectivity index (χ0v) is 15.3. The standard InChI is InChI=1S/C18H20N2OS2/c1-4-22-18(23-5-2)16(13-20)11-15(12-19)10-14-6-8-17(21-3)9-7-14/h6-10H,4-5,11H2,1-3H3/b15-10+. The minimum atomic E-state index is 0.369. The number of methoxy groups -OCH3 is 1. The van der Waals surface area contributed by atoms with Gasteiger partial charge in [0.2, 0.25) is 0 Å². The number of rotatable bonds is 8. The number of allylic oxidation sites excluding steroid dienone is 2. The lowest BCUT2D eigenvalue weighted by Gasteiger charge is -2.07. The van der Waals surface area contributed by atoms with E-state index < -0.39 is 0 Å². The van der Waals surface area contributed by atoms with Gasteiger partial charge in [-0.15, -0.1) is 23.5 Å². The van der Waals surface area contributed by atoms with Gasteiger partial charge < -0.3 is 4.74 Å². The number of hydrogen-bond donors (Lipinski definition) is 0. The fraction of sp³-hybridized carbons (Fsp3) is 0.333. The second-order valence-electron chi connectivity index (χ2n) is 4.48. The van der Waals surface area contributed by atoms with Gasteiger partial charge in [0.25, 0.3) is 0 Å². The predicted octanol–water partition coefficient (Wildman–Crippen LogP) is 5.23. The Morgan fingerprint density at radius 3 is 2.13 bits per heavy atom. The highest BCUT2D eigenvalue weighted by atomic mass is 32.2. The average Bonchev–Trinajstić information content (AvgIpc) is 2.59. The molecule has 0 aliphatic carbocycles. The van der Waals surface area contributed by atoms with Crippen molar-refractivity contribution in [3.05, 3.63) is 45.2 Å². The summed E-state index contributed by atoms with van der Waals surface area (Å²) >= 11 is 3.33. The molecular formula is C18H20N2OS2. The number of nitrogens with zero attached hydrogens (tertiary/aromatic N) is 2. The van der Waals surface area contributed by atoms with Gasteiger partial charge in [0.15, 0.2) is 0 Å². The van der Waals surface area contributed by atoms with E-state index in [4.69, 9.17) is 4.74 Å². The van der Waals surface area contributed by atoms with E-state index in [2.05, 4.69) is 26.0 Å². The molecule has 0 amide bonds. The molecule has 0 saturated heterocycles. The fourth-order valence-corrected chi connectivity index (χ4v) is 4.00. The molecule has 1 aromatic carbocycles. The van der Waals surface area contributed by atoms with Gasteiger partial charge in [0.1, 0.15) is 5.75 Å². The van der Waals surface area contributed by atoms with Gasteiger partial charge in [-0.2, -0.15) is 10.5 Å². The van der Waals surface area contributed by atoms with Crippen molar-refractivity contribution in [2.45, 2.75) is 20.3 Å². The van der Waals surface area contributed by atoms with Gasteiger partial charge in [0.05, 0.1) is 29.1 Å². The highest BCUT2D eigenvalue weighted by molar-refractivity contribution is 8.22. The summed E-state index contributed by atoms with van der Waals surface area (Å²) in [6.07, 6.45) is 2.19. The molecule has 23 heavy (non-hydrogen) atoms. The van der Waals surface area contributed by atoms with Gasteiger partial charge in [-0.25, -0.2) is 0 Å². The lowest BCUT2D eigenvalue weighted by molar-refractivity contribution is 0.415. The van der Waals surface area contributed by atoms with Gasteiger partial charge >= 0.3 is 0 Å². The maximum atomic E-state index is 9.44. The Bertz CT molecular complexity index is 641. The summed E-state index contributed by atoms with van der Waals surface area (Å²) in [4.78, 5) is 0. The van der Waals surface area contributed by atoms with E-state index in [9.17, 15) is 10.5 Å². The zero-order valence-electron chi connectivity index (χ0n) is 13.6. The van der Waals surface area contributed by atoms with Crippen LogP contribution in [-0.2, 0) is 0 Å². The van der Waals surface area contributed by atoms with E-state index in [0.29, 0.717) is 17.6 Å². The van der Waals surface area contributed by atoms with Gasteiger partial charge in [-0.05, 0) is 35.3 Å². The molecule has 5 heteroatoms. The van der Waals surface area contributed by atoms with Crippen LogP contribution in [0.4, 0.5) is 0 Å². The third-order valence-corrected chi connectivity index (χ3v) is 5.20. The highest BCUT2D eigenvalue weighted by Gasteiger charge is 2.10. The first-order valence-electron chi connectivity index (χ1n) is 7.32. The largest absolute Gasteiger partial charge is 0.497 e. The number of thioether (sulfide) groups is 2. The fourth-order valence-electron chi connectivity index (χ4n) is 1.85. The van der Waals surface area contributed by atoms with E-state index >= 15 is 0 Å². The maximum Gasteiger partial charge on any atom is 0.118 e.